The summed E-state index contributed by atoms with van der Waals surface area (Å²) in [5.74, 6) is -0.411. The number of rotatable bonds is 0. The van der Waals surface area contributed by atoms with Crippen molar-refractivity contribution in [2.75, 3.05) is 5.73 Å². The van der Waals surface area contributed by atoms with E-state index in [0.717, 1.165) is 12.0 Å². The molecule has 0 spiro atoms. The van der Waals surface area contributed by atoms with Crippen LogP contribution in [0.1, 0.15) is 11.1 Å². The van der Waals surface area contributed by atoms with E-state index < -0.39 is 5.82 Å². The van der Waals surface area contributed by atoms with Crippen LogP contribution in [0.5, 0.6) is 0 Å². The highest BCUT2D eigenvalue weighted by Crippen LogP contribution is 2.23. The molecular formula is C8H7FN2. The number of nitrogens with two attached hydrogens (primary N) is 1. The van der Waals surface area contributed by atoms with Crippen molar-refractivity contribution in [2.45, 2.75) is 6.42 Å². The van der Waals surface area contributed by atoms with Crippen molar-refractivity contribution >= 4 is 11.9 Å². The number of allylic oxidation sites excluding steroid dienone is 1. The zero-order valence-corrected chi connectivity index (χ0v) is 5.84. The normalized spacial score (nSPS) is 13.5. The number of hydrogen-bond donors (Lipinski definition) is 1. The molecule has 0 fully saturated rings. The molecule has 56 valence electrons. The summed E-state index contributed by atoms with van der Waals surface area (Å²) < 4.78 is 13.1. The van der Waals surface area contributed by atoms with Crippen molar-refractivity contribution in [3.63, 3.8) is 0 Å². The number of pyridine rings is 1. The molecule has 0 unspecified atom stereocenters. The van der Waals surface area contributed by atoms with E-state index in [-0.39, 0.29) is 5.82 Å². The number of anilines is 1. The molecule has 0 bridgehead atoms. The van der Waals surface area contributed by atoms with Gasteiger partial charge in [-0.25, -0.2) is 9.37 Å². The van der Waals surface area contributed by atoms with E-state index in [1.807, 2.05) is 6.08 Å². The summed E-state index contributed by atoms with van der Waals surface area (Å²) in [5, 5.41) is 0. The minimum Gasteiger partial charge on any atom is -0.381 e. The molecule has 11 heavy (non-hydrogen) atoms. The van der Waals surface area contributed by atoms with Gasteiger partial charge in [-0.05, 0) is 12.0 Å². The van der Waals surface area contributed by atoms with Gasteiger partial charge >= 0.3 is 0 Å². The molecule has 0 atom stereocenters. The van der Waals surface area contributed by atoms with Crippen LogP contribution in [-0.2, 0) is 6.42 Å². The highest BCUT2D eigenvalue weighted by Gasteiger charge is 2.12. The number of aromatic nitrogens is 1. The van der Waals surface area contributed by atoms with E-state index in [0.29, 0.717) is 5.56 Å². The van der Waals surface area contributed by atoms with Gasteiger partial charge in [-0.1, -0.05) is 12.2 Å². The van der Waals surface area contributed by atoms with Gasteiger partial charge < -0.3 is 5.73 Å². The summed E-state index contributed by atoms with van der Waals surface area (Å²) in [7, 11) is 0. The van der Waals surface area contributed by atoms with Gasteiger partial charge in [0.25, 0.3) is 0 Å². The molecule has 0 radical (unpaired) electrons. The van der Waals surface area contributed by atoms with Gasteiger partial charge in [-0.15, -0.1) is 0 Å². The van der Waals surface area contributed by atoms with Gasteiger partial charge in [0.05, 0.1) is 0 Å². The van der Waals surface area contributed by atoms with E-state index in [2.05, 4.69) is 4.98 Å². The monoisotopic (exact) mass is 150 g/mol. The molecule has 0 amide bonds. The lowest BCUT2D eigenvalue weighted by molar-refractivity contribution is 0.623. The van der Waals surface area contributed by atoms with Crippen LogP contribution in [-0.4, -0.2) is 4.98 Å². The first-order valence-electron chi connectivity index (χ1n) is 3.38. The largest absolute Gasteiger partial charge is 0.381 e. The SMILES string of the molecule is Nc1ncc2c(c1F)C=CC2. The molecule has 0 aromatic carbocycles. The summed E-state index contributed by atoms with van der Waals surface area (Å²) >= 11 is 0. The number of nitrogens with zero attached hydrogens (tertiary/aromatic N) is 1. The van der Waals surface area contributed by atoms with Crippen molar-refractivity contribution in [3.05, 3.63) is 29.2 Å². The molecule has 2 rings (SSSR count). The topological polar surface area (TPSA) is 38.9 Å². The molecule has 2 nitrogen and oxygen atoms in total. The fourth-order valence-electron chi connectivity index (χ4n) is 1.20. The highest BCUT2D eigenvalue weighted by molar-refractivity contribution is 5.62. The zero-order valence-electron chi connectivity index (χ0n) is 5.84. The van der Waals surface area contributed by atoms with Gasteiger partial charge in [0.1, 0.15) is 0 Å². The third-order valence-electron chi connectivity index (χ3n) is 1.79. The van der Waals surface area contributed by atoms with Crippen LogP contribution in [0.4, 0.5) is 10.2 Å². The van der Waals surface area contributed by atoms with Crippen molar-refractivity contribution in [2.24, 2.45) is 0 Å². The quantitative estimate of drug-likeness (QED) is 0.606. The third-order valence-corrected chi connectivity index (χ3v) is 1.79. The summed E-state index contributed by atoms with van der Waals surface area (Å²) in [6.45, 7) is 0. The average molecular weight is 150 g/mol. The summed E-state index contributed by atoms with van der Waals surface area (Å²) in [4.78, 5) is 3.71. The second-order valence-corrected chi connectivity index (χ2v) is 2.50. The molecule has 1 aliphatic carbocycles. The molecule has 0 aliphatic heterocycles. The van der Waals surface area contributed by atoms with E-state index >= 15 is 0 Å². The Labute approximate surface area is 63.6 Å². The number of fused-ring (bicyclic) bond motifs is 1. The van der Waals surface area contributed by atoms with Gasteiger partial charge in [-0.2, -0.15) is 0 Å². The predicted octanol–water partition coefficient (Wildman–Crippen LogP) is 1.37. The predicted molar refractivity (Wildman–Crippen MR) is 41.3 cm³/mol. The van der Waals surface area contributed by atoms with E-state index in [1.165, 1.54) is 0 Å². The fourth-order valence-corrected chi connectivity index (χ4v) is 1.20. The van der Waals surface area contributed by atoms with Crippen LogP contribution in [0.3, 0.4) is 0 Å². The lowest BCUT2D eigenvalue weighted by atomic mass is 10.2. The highest BCUT2D eigenvalue weighted by atomic mass is 19.1. The van der Waals surface area contributed by atoms with Gasteiger partial charge in [0, 0.05) is 11.8 Å². The number of nitrogen functional groups attached to an aromatic ring is 1. The lowest BCUT2D eigenvalue weighted by Crippen LogP contribution is -1.98. The molecule has 1 aromatic heterocycles. The summed E-state index contributed by atoms with van der Waals surface area (Å²) in [6, 6.07) is 0. The molecule has 1 aliphatic rings. The summed E-state index contributed by atoms with van der Waals surface area (Å²) in [5.41, 5.74) is 6.78. The van der Waals surface area contributed by atoms with Crippen LogP contribution in [0.15, 0.2) is 12.3 Å². The van der Waals surface area contributed by atoms with Crippen LogP contribution >= 0.6 is 0 Å². The smallest absolute Gasteiger partial charge is 0.172 e. The van der Waals surface area contributed by atoms with Gasteiger partial charge in [-0.3, -0.25) is 0 Å². The molecule has 2 N–H and O–H groups in total. The van der Waals surface area contributed by atoms with E-state index in [9.17, 15) is 4.39 Å². The average Bonchev–Trinajstić information content (AvgIpc) is 2.45. The van der Waals surface area contributed by atoms with Gasteiger partial charge in [0.15, 0.2) is 11.6 Å². The minimum absolute atomic E-state index is 0.0182. The summed E-state index contributed by atoms with van der Waals surface area (Å²) in [6.07, 6.45) is 6.02. The van der Waals surface area contributed by atoms with Crippen molar-refractivity contribution < 1.29 is 4.39 Å². The van der Waals surface area contributed by atoms with E-state index in [4.69, 9.17) is 5.73 Å². The minimum atomic E-state index is -0.392. The zero-order chi connectivity index (χ0) is 7.84. The molecule has 1 aromatic rings. The van der Waals surface area contributed by atoms with Crippen molar-refractivity contribution in [1.29, 1.82) is 0 Å². The van der Waals surface area contributed by atoms with Crippen LogP contribution in [0.2, 0.25) is 0 Å². The Balaban J connectivity index is 2.70. The first-order valence-corrected chi connectivity index (χ1v) is 3.38. The molecule has 1 heterocycles. The Morgan fingerprint density at radius 2 is 2.36 bits per heavy atom. The van der Waals surface area contributed by atoms with Crippen LogP contribution in [0.25, 0.3) is 6.08 Å². The fraction of sp³-hybridized carbons (Fsp3) is 0.125. The Bertz CT molecular complexity index is 331. The number of halogens is 1. The van der Waals surface area contributed by atoms with Gasteiger partial charge in [0.2, 0.25) is 0 Å². The van der Waals surface area contributed by atoms with Crippen molar-refractivity contribution in [1.82, 2.24) is 4.98 Å². The Hall–Kier alpha value is -1.38. The standard InChI is InChI=1S/C8H7FN2/c9-7-6-3-1-2-5(6)4-11-8(7)10/h1,3-4H,2H2,(H2,10,11). The second kappa shape index (κ2) is 2.05. The first kappa shape index (κ1) is 6.34. The van der Waals surface area contributed by atoms with Crippen LogP contribution in [0, 0.1) is 5.82 Å². The molecular weight excluding hydrogens is 143 g/mol. The Morgan fingerprint density at radius 3 is 3.18 bits per heavy atom. The molecule has 0 saturated heterocycles. The van der Waals surface area contributed by atoms with Crippen LogP contribution < -0.4 is 5.73 Å². The lowest BCUT2D eigenvalue weighted by Gasteiger charge is -2.00. The second-order valence-electron chi connectivity index (χ2n) is 2.50. The Kier molecular flexibility index (Phi) is 1.18. The maximum Gasteiger partial charge on any atom is 0.172 e. The van der Waals surface area contributed by atoms with E-state index in [1.54, 1.807) is 12.3 Å². The Morgan fingerprint density at radius 1 is 1.55 bits per heavy atom. The maximum absolute atomic E-state index is 13.1. The van der Waals surface area contributed by atoms with Crippen molar-refractivity contribution in [3.8, 4) is 0 Å². The maximum atomic E-state index is 13.1. The third kappa shape index (κ3) is 0.808. The molecule has 0 saturated carbocycles. The molecule has 3 heteroatoms. The first-order chi connectivity index (χ1) is 5.29. The number of hydrogen-bond acceptors (Lipinski definition) is 2.